The molecule has 0 aliphatic carbocycles. The van der Waals surface area contributed by atoms with Crippen LogP contribution in [0.5, 0.6) is 0 Å². The van der Waals surface area contributed by atoms with Gasteiger partial charge in [0, 0.05) is 19.3 Å². The van der Waals surface area contributed by atoms with Crippen molar-refractivity contribution in [1.29, 1.82) is 0 Å². The lowest BCUT2D eigenvalue weighted by Crippen LogP contribution is -2.30. The van der Waals surface area contributed by atoms with E-state index in [4.69, 9.17) is 14.2 Å². The largest absolute Gasteiger partial charge is 0.462 e. The van der Waals surface area contributed by atoms with Gasteiger partial charge in [0.1, 0.15) is 13.2 Å². The fourth-order valence-electron chi connectivity index (χ4n) is 5.65. The van der Waals surface area contributed by atoms with Gasteiger partial charge in [-0.05, 0) is 109 Å². The van der Waals surface area contributed by atoms with E-state index in [1.807, 2.05) is 0 Å². The summed E-state index contributed by atoms with van der Waals surface area (Å²) in [4.78, 5) is 37.5. The lowest BCUT2D eigenvalue weighted by molar-refractivity contribution is -0.167. The zero-order valence-corrected chi connectivity index (χ0v) is 38.6. The Morgan fingerprint density at radius 3 is 1.03 bits per heavy atom. The third kappa shape index (κ3) is 46.5. The van der Waals surface area contributed by atoms with Gasteiger partial charge in [-0.25, -0.2) is 0 Å². The van der Waals surface area contributed by atoms with Crippen LogP contribution >= 0.6 is 0 Å². The zero-order chi connectivity index (χ0) is 44.4. The molecule has 0 heterocycles. The van der Waals surface area contributed by atoms with Crippen LogP contribution < -0.4 is 0 Å². The summed E-state index contributed by atoms with van der Waals surface area (Å²) in [5.41, 5.74) is 0. The van der Waals surface area contributed by atoms with Crippen molar-refractivity contribution in [2.45, 2.75) is 181 Å². The predicted molar refractivity (Wildman–Crippen MR) is 260 cm³/mol. The van der Waals surface area contributed by atoms with Gasteiger partial charge in [-0.2, -0.15) is 0 Å². The van der Waals surface area contributed by atoms with Crippen LogP contribution in [-0.2, 0) is 28.6 Å². The molecule has 0 rings (SSSR count). The Morgan fingerprint density at radius 1 is 0.344 bits per heavy atom. The smallest absolute Gasteiger partial charge is 0.306 e. The number of hydrogen-bond acceptors (Lipinski definition) is 6. The van der Waals surface area contributed by atoms with E-state index >= 15 is 0 Å². The summed E-state index contributed by atoms with van der Waals surface area (Å²) < 4.78 is 16.5. The lowest BCUT2D eigenvalue weighted by atomic mass is 10.1. The van der Waals surface area contributed by atoms with Crippen molar-refractivity contribution in [1.82, 2.24) is 0 Å². The average Bonchev–Trinajstić information content (AvgIpc) is 3.26. The van der Waals surface area contributed by atoms with Gasteiger partial charge in [0.25, 0.3) is 0 Å². The summed E-state index contributed by atoms with van der Waals surface area (Å²) in [5.74, 6) is -1.05. The molecule has 6 heteroatoms. The van der Waals surface area contributed by atoms with Crippen molar-refractivity contribution in [3.8, 4) is 0 Å². The second kappa shape index (κ2) is 48.2. The number of unbranched alkanes of at least 4 members (excludes halogenated alkanes) is 7. The molecule has 61 heavy (non-hydrogen) atoms. The second-order valence-corrected chi connectivity index (χ2v) is 14.9. The first kappa shape index (κ1) is 56.5. The highest BCUT2D eigenvalue weighted by Crippen LogP contribution is 2.10. The number of esters is 3. The van der Waals surface area contributed by atoms with Gasteiger partial charge in [0.05, 0.1) is 0 Å². The third-order valence-electron chi connectivity index (χ3n) is 9.15. The number of carbonyl (C=O) groups is 3. The molecule has 6 nitrogen and oxygen atoms in total. The molecule has 0 aromatic rings. The maximum absolute atomic E-state index is 12.7. The van der Waals surface area contributed by atoms with Gasteiger partial charge in [0.2, 0.25) is 0 Å². The minimum atomic E-state index is -0.826. The number of hydrogen-bond donors (Lipinski definition) is 0. The van der Waals surface area contributed by atoms with Crippen molar-refractivity contribution in [3.63, 3.8) is 0 Å². The first-order valence-corrected chi connectivity index (χ1v) is 23.7. The van der Waals surface area contributed by atoms with E-state index in [1.54, 1.807) is 0 Å². The molecule has 0 aliphatic rings. The van der Waals surface area contributed by atoms with Gasteiger partial charge in [0.15, 0.2) is 6.10 Å². The summed E-state index contributed by atoms with van der Waals surface area (Å²) in [5, 5.41) is 0. The number of carbonyl (C=O) groups excluding carboxylic acids is 3. The summed E-state index contributed by atoms with van der Waals surface area (Å²) in [6.45, 7) is 6.20. The molecule has 0 aromatic heterocycles. The fraction of sp³-hybridized carbons (Fsp3) is 0.545. The average molecular weight is 841 g/mol. The Balaban J connectivity index is 4.41. The highest BCUT2D eigenvalue weighted by atomic mass is 16.6. The molecule has 340 valence electrons. The van der Waals surface area contributed by atoms with Crippen molar-refractivity contribution >= 4 is 17.9 Å². The van der Waals surface area contributed by atoms with E-state index in [9.17, 15) is 14.4 Å². The molecule has 0 saturated carbocycles. The Hall–Kier alpha value is -4.45. The van der Waals surface area contributed by atoms with Crippen LogP contribution in [0.4, 0.5) is 0 Å². The maximum Gasteiger partial charge on any atom is 0.306 e. The first-order chi connectivity index (χ1) is 30.0. The van der Waals surface area contributed by atoms with Crippen LogP contribution in [0.15, 0.2) is 134 Å². The standard InChI is InChI=1S/C55H84O6/c1-4-7-10-13-15-17-19-21-23-25-26-27-28-30-31-33-35-37-39-42-45-48-54(57)60-51-52(50-59-53(56)47-44-41-12-9-6-3)61-55(58)49-46-43-40-38-36-34-32-29-24-22-20-18-16-14-11-8-5-2/h7-8,10-11,15-18,21-24,26-27,30-32,34-35,37-38,40,52H,4-6,9,12-14,19-20,25,28-29,33,36,39,41-51H2,1-3H3/b10-7-,11-8-,17-15-,18-16-,23-21-,24-22-,27-26-,31-30-,34-32-,37-35-,40-38-. The molecule has 0 N–H and O–H groups in total. The van der Waals surface area contributed by atoms with E-state index in [2.05, 4.69) is 154 Å². The molecular weight excluding hydrogens is 757 g/mol. The van der Waals surface area contributed by atoms with E-state index in [1.165, 1.54) is 0 Å². The van der Waals surface area contributed by atoms with E-state index < -0.39 is 6.10 Å². The fourth-order valence-corrected chi connectivity index (χ4v) is 5.65. The topological polar surface area (TPSA) is 78.9 Å². The Kier molecular flexibility index (Phi) is 44.7. The van der Waals surface area contributed by atoms with Crippen molar-refractivity contribution in [3.05, 3.63) is 134 Å². The number of ether oxygens (including phenoxy) is 3. The van der Waals surface area contributed by atoms with Crippen LogP contribution in [-0.4, -0.2) is 37.2 Å². The first-order valence-electron chi connectivity index (χ1n) is 23.7. The minimum absolute atomic E-state index is 0.121. The summed E-state index contributed by atoms with van der Waals surface area (Å²) in [7, 11) is 0. The highest BCUT2D eigenvalue weighted by Gasteiger charge is 2.19. The predicted octanol–water partition coefficient (Wildman–Crippen LogP) is 15.5. The summed E-state index contributed by atoms with van der Waals surface area (Å²) >= 11 is 0. The van der Waals surface area contributed by atoms with Gasteiger partial charge in [-0.15, -0.1) is 0 Å². The molecular formula is C55H84O6. The van der Waals surface area contributed by atoms with Gasteiger partial charge >= 0.3 is 17.9 Å². The van der Waals surface area contributed by atoms with Gasteiger partial charge in [-0.3, -0.25) is 14.4 Å². The molecule has 0 aromatic carbocycles. The molecule has 0 fully saturated rings. The Labute approximate surface area is 373 Å². The number of rotatable bonds is 40. The highest BCUT2D eigenvalue weighted by molar-refractivity contribution is 5.71. The Morgan fingerprint density at radius 2 is 0.656 bits per heavy atom. The van der Waals surface area contributed by atoms with Crippen molar-refractivity contribution in [2.75, 3.05) is 13.2 Å². The molecule has 1 unspecified atom stereocenters. The SMILES string of the molecule is CC/C=C\C/C=C\C/C=C\C/C=C\C/C=C\C/C=C\CCCCC(=O)OCC(COC(=O)CCCCCCC)OC(=O)CCC/C=C\C/C=C\C/C=C\C/C=C\C/C=C\CC. The minimum Gasteiger partial charge on any atom is -0.462 e. The molecule has 0 saturated heterocycles. The Bertz CT molecular complexity index is 1380. The maximum atomic E-state index is 12.7. The molecule has 0 amide bonds. The van der Waals surface area contributed by atoms with Crippen LogP contribution in [0.2, 0.25) is 0 Å². The van der Waals surface area contributed by atoms with Gasteiger partial charge in [-0.1, -0.05) is 180 Å². The van der Waals surface area contributed by atoms with Gasteiger partial charge < -0.3 is 14.2 Å². The monoisotopic (exact) mass is 841 g/mol. The van der Waals surface area contributed by atoms with Crippen LogP contribution in [0, 0.1) is 0 Å². The molecule has 1 atom stereocenters. The molecule has 0 radical (unpaired) electrons. The molecule has 0 bridgehead atoms. The van der Waals surface area contributed by atoms with E-state index in [0.717, 1.165) is 122 Å². The van der Waals surface area contributed by atoms with Crippen molar-refractivity contribution < 1.29 is 28.6 Å². The summed E-state index contributed by atoms with van der Waals surface area (Å²) in [6.07, 6.45) is 67.6. The zero-order valence-electron chi connectivity index (χ0n) is 38.6. The quantitative estimate of drug-likeness (QED) is 0.0265. The molecule has 0 spiro atoms. The summed E-state index contributed by atoms with van der Waals surface area (Å²) in [6, 6.07) is 0. The third-order valence-corrected chi connectivity index (χ3v) is 9.15. The van der Waals surface area contributed by atoms with Crippen LogP contribution in [0.25, 0.3) is 0 Å². The normalized spacial score (nSPS) is 13.3. The van der Waals surface area contributed by atoms with Crippen LogP contribution in [0.3, 0.4) is 0 Å². The lowest BCUT2D eigenvalue weighted by Gasteiger charge is -2.18. The molecule has 0 aliphatic heterocycles. The number of allylic oxidation sites excluding steroid dienone is 22. The van der Waals surface area contributed by atoms with Crippen LogP contribution in [0.1, 0.15) is 175 Å². The van der Waals surface area contributed by atoms with E-state index in [-0.39, 0.29) is 44.0 Å². The van der Waals surface area contributed by atoms with E-state index in [0.29, 0.717) is 19.3 Å². The second-order valence-electron chi connectivity index (χ2n) is 14.9. The van der Waals surface area contributed by atoms with Crippen molar-refractivity contribution in [2.24, 2.45) is 0 Å².